The largest absolute Gasteiger partial charge is 0.468 e. The Balaban J connectivity index is 2.06. The highest BCUT2D eigenvalue weighted by atomic mass is 32.2. The van der Waals surface area contributed by atoms with Gasteiger partial charge in [0.25, 0.3) is 0 Å². The van der Waals surface area contributed by atoms with Crippen LogP contribution in [0.4, 0.5) is 0 Å². The van der Waals surface area contributed by atoms with Gasteiger partial charge in [0.1, 0.15) is 6.04 Å². The van der Waals surface area contributed by atoms with Crippen molar-refractivity contribution in [3.05, 3.63) is 22.4 Å². The number of ether oxygens (including phenoxy) is 1. The zero-order valence-corrected chi connectivity index (χ0v) is 12.4. The lowest BCUT2D eigenvalue weighted by Crippen LogP contribution is -2.35. The number of nitrogens with two attached hydrogens (primary N) is 1. The lowest BCUT2D eigenvalue weighted by molar-refractivity contribution is -0.141. The summed E-state index contributed by atoms with van der Waals surface area (Å²) in [7, 11) is 1.30. The molecule has 5 nitrogen and oxygen atoms in total. The first-order valence-electron chi connectivity index (χ1n) is 5.83. The predicted octanol–water partition coefficient (Wildman–Crippen LogP) is 0.640. The van der Waals surface area contributed by atoms with Crippen molar-refractivity contribution in [1.82, 2.24) is 5.32 Å². The van der Waals surface area contributed by atoms with Crippen molar-refractivity contribution in [1.29, 1.82) is 0 Å². The molecule has 1 aromatic rings. The predicted molar refractivity (Wildman–Crippen MR) is 78.3 cm³/mol. The van der Waals surface area contributed by atoms with E-state index >= 15 is 0 Å². The molecule has 0 aromatic carbocycles. The fourth-order valence-corrected chi connectivity index (χ4v) is 2.83. The molecule has 1 unspecified atom stereocenters. The minimum absolute atomic E-state index is 0.0429. The zero-order chi connectivity index (χ0) is 14.1. The molecule has 1 rings (SSSR count). The van der Waals surface area contributed by atoms with Crippen molar-refractivity contribution in [2.24, 2.45) is 5.73 Å². The van der Waals surface area contributed by atoms with E-state index in [0.717, 1.165) is 6.42 Å². The molecule has 106 valence electrons. The number of amides is 1. The number of nitrogens with one attached hydrogen (secondary N) is 1. The second-order valence-electron chi connectivity index (χ2n) is 3.82. The molecule has 1 heterocycles. The van der Waals surface area contributed by atoms with Crippen LogP contribution in [0.2, 0.25) is 0 Å². The second kappa shape index (κ2) is 8.95. The molecule has 0 saturated heterocycles. The minimum Gasteiger partial charge on any atom is -0.468 e. The van der Waals surface area contributed by atoms with Crippen LogP contribution in [0.25, 0.3) is 0 Å². The van der Waals surface area contributed by atoms with E-state index in [2.05, 4.69) is 10.1 Å². The van der Waals surface area contributed by atoms with Crippen LogP contribution in [-0.4, -0.2) is 43.1 Å². The van der Waals surface area contributed by atoms with Gasteiger partial charge >= 0.3 is 5.97 Å². The summed E-state index contributed by atoms with van der Waals surface area (Å²) in [6, 6.07) is 3.36. The molecule has 0 aliphatic rings. The average Bonchev–Trinajstić information content (AvgIpc) is 2.90. The molecule has 3 N–H and O–H groups in total. The standard InChI is InChI=1S/C12H18N2O3S2/c1-17-12(16)10(13)7-18-8-11(15)14-5-4-9-3-2-6-19-9/h2-3,6,10H,4-5,7-8,13H2,1H3,(H,14,15). The third-order valence-electron chi connectivity index (χ3n) is 2.31. The molecule has 0 saturated carbocycles. The van der Waals surface area contributed by atoms with Crippen LogP contribution in [0.5, 0.6) is 0 Å². The van der Waals surface area contributed by atoms with E-state index in [1.54, 1.807) is 11.3 Å². The molecular formula is C12H18N2O3S2. The fourth-order valence-electron chi connectivity index (χ4n) is 1.33. The first-order chi connectivity index (χ1) is 9.13. The van der Waals surface area contributed by atoms with Crippen LogP contribution in [0.1, 0.15) is 4.88 Å². The Morgan fingerprint density at radius 3 is 3.00 bits per heavy atom. The Bertz CT molecular complexity index is 396. The summed E-state index contributed by atoms with van der Waals surface area (Å²) < 4.78 is 4.50. The maximum absolute atomic E-state index is 11.5. The highest BCUT2D eigenvalue weighted by Gasteiger charge is 2.14. The van der Waals surface area contributed by atoms with Gasteiger partial charge in [0, 0.05) is 17.2 Å². The van der Waals surface area contributed by atoms with Crippen LogP contribution in [-0.2, 0) is 20.7 Å². The van der Waals surface area contributed by atoms with Crippen LogP contribution in [0.15, 0.2) is 17.5 Å². The van der Waals surface area contributed by atoms with Gasteiger partial charge in [-0.25, -0.2) is 0 Å². The summed E-state index contributed by atoms with van der Waals surface area (Å²) in [4.78, 5) is 23.8. The number of methoxy groups -OCH3 is 1. The van der Waals surface area contributed by atoms with E-state index in [0.29, 0.717) is 18.1 Å². The number of rotatable bonds is 8. The SMILES string of the molecule is COC(=O)C(N)CSCC(=O)NCCc1cccs1. The van der Waals surface area contributed by atoms with E-state index in [-0.39, 0.29) is 5.91 Å². The third kappa shape index (κ3) is 6.60. The van der Waals surface area contributed by atoms with E-state index in [1.807, 2.05) is 17.5 Å². The Morgan fingerprint density at radius 2 is 2.37 bits per heavy atom. The number of hydrogen-bond acceptors (Lipinski definition) is 6. The lowest BCUT2D eigenvalue weighted by atomic mass is 10.3. The van der Waals surface area contributed by atoms with Crippen molar-refractivity contribution >= 4 is 35.0 Å². The monoisotopic (exact) mass is 302 g/mol. The van der Waals surface area contributed by atoms with E-state index in [9.17, 15) is 9.59 Å². The van der Waals surface area contributed by atoms with E-state index < -0.39 is 12.0 Å². The van der Waals surface area contributed by atoms with E-state index in [4.69, 9.17) is 5.73 Å². The van der Waals surface area contributed by atoms with Crippen molar-refractivity contribution in [2.45, 2.75) is 12.5 Å². The number of carbonyl (C=O) groups is 2. The third-order valence-corrected chi connectivity index (χ3v) is 4.31. The molecule has 0 aliphatic carbocycles. The van der Waals surface area contributed by atoms with Crippen molar-refractivity contribution in [3.63, 3.8) is 0 Å². The van der Waals surface area contributed by atoms with Gasteiger partial charge in [-0.05, 0) is 17.9 Å². The van der Waals surface area contributed by atoms with Crippen molar-refractivity contribution < 1.29 is 14.3 Å². The van der Waals surface area contributed by atoms with Gasteiger partial charge in [-0.1, -0.05) is 6.07 Å². The molecule has 0 spiro atoms. The fraction of sp³-hybridized carbons (Fsp3) is 0.500. The van der Waals surface area contributed by atoms with Gasteiger partial charge in [0.2, 0.25) is 5.91 Å². The number of thiophene rings is 1. The van der Waals surface area contributed by atoms with Gasteiger partial charge in [0.15, 0.2) is 0 Å². The Kier molecular flexibility index (Phi) is 7.54. The molecule has 0 radical (unpaired) electrons. The summed E-state index contributed by atoms with van der Waals surface area (Å²) in [5.41, 5.74) is 5.55. The van der Waals surface area contributed by atoms with Crippen LogP contribution < -0.4 is 11.1 Å². The molecule has 1 aromatic heterocycles. The maximum atomic E-state index is 11.5. The quantitative estimate of drug-likeness (QED) is 0.689. The molecule has 1 atom stereocenters. The van der Waals surface area contributed by atoms with E-state index in [1.165, 1.54) is 23.7 Å². The highest BCUT2D eigenvalue weighted by Crippen LogP contribution is 2.08. The Hall–Kier alpha value is -1.05. The van der Waals surface area contributed by atoms with Gasteiger partial charge in [0.05, 0.1) is 12.9 Å². The van der Waals surface area contributed by atoms with Crippen molar-refractivity contribution in [2.75, 3.05) is 25.2 Å². The molecule has 0 aliphatic heterocycles. The average molecular weight is 302 g/mol. The van der Waals surface area contributed by atoms with Crippen LogP contribution in [0, 0.1) is 0 Å². The van der Waals surface area contributed by atoms with Gasteiger partial charge in [-0.15, -0.1) is 23.1 Å². The normalized spacial score (nSPS) is 11.9. The molecule has 19 heavy (non-hydrogen) atoms. The minimum atomic E-state index is -0.672. The number of thioether (sulfide) groups is 1. The van der Waals surface area contributed by atoms with Gasteiger partial charge < -0.3 is 15.8 Å². The van der Waals surface area contributed by atoms with Gasteiger partial charge in [-0.2, -0.15) is 0 Å². The molecule has 0 fully saturated rings. The Morgan fingerprint density at radius 1 is 1.58 bits per heavy atom. The van der Waals surface area contributed by atoms with Crippen molar-refractivity contribution in [3.8, 4) is 0 Å². The second-order valence-corrected chi connectivity index (χ2v) is 5.89. The number of hydrogen-bond donors (Lipinski definition) is 2. The Labute approximate surface area is 120 Å². The first-order valence-corrected chi connectivity index (χ1v) is 7.87. The summed E-state index contributed by atoms with van der Waals surface area (Å²) in [6.45, 7) is 0.628. The van der Waals surface area contributed by atoms with Gasteiger partial charge in [-0.3, -0.25) is 9.59 Å². The molecule has 0 bridgehead atoms. The molecular weight excluding hydrogens is 284 g/mol. The molecule has 7 heteroatoms. The highest BCUT2D eigenvalue weighted by molar-refractivity contribution is 8.00. The summed E-state index contributed by atoms with van der Waals surface area (Å²) in [5.74, 6) is 0.185. The zero-order valence-electron chi connectivity index (χ0n) is 10.8. The lowest BCUT2D eigenvalue weighted by Gasteiger charge is -2.08. The summed E-state index contributed by atoms with van der Waals surface area (Å²) in [5, 5.41) is 4.84. The topological polar surface area (TPSA) is 81.4 Å². The van der Waals surface area contributed by atoms with Crippen LogP contribution >= 0.6 is 23.1 Å². The number of esters is 1. The summed E-state index contributed by atoms with van der Waals surface area (Å²) >= 11 is 3.00. The first kappa shape index (κ1) is 16.0. The molecule has 1 amide bonds. The summed E-state index contributed by atoms with van der Waals surface area (Å²) in [6.07, 6.45) is 0.843. The van der Waals surface area contributed by atoms with Crippen LogP contribution in [0.3, 0.4) is 0 Å². The maximum Gasteiger partial charge on any atom is 0.323 e. The smallest absolute Gasteiger partial charge is 0.323 e. The number of carbonyl (C=O) groups excluding carboxylic acids is 2.